The van der Waals surface area contributed by atoms with Crippen LogP contribution in [0.1, 0.15) is 49.8 Å². The molecule has 6 nitrogen and oxygen atoms in total. The molecule has 1 aromatic heterocycles. The Balaban J connectivity index is 2.33. The van der Waals surface area contributed by atoms with E-state index >= 15 is 0 Å². The molecule has 0 saturated heterocycles. The molecule has 2 N–H and O–H groups in total. The minimum Gasteiger partial charge on any atom is -0.345 e. The Kier molecular flexibility index (Phi) is 3.85. The second kappa shape index (κ2) is 5.04. The monoisotopic (exact) mass is 319 g/mol. The lowest BCUT2D eigenvalue weighted by atomic mass is 9.98. The standard InChI is InChI=1S/C12H18ClN3O3S/c1-4-8-10(20(13,18)19)9(16-15-8)11(17)14-12(2,3)7-5-6-7/h7H,4-6H2,1-3H3,(H,14,17)(H,15,16). The van der Waals surface area contributed by atoms with Gasteiger partial charge in [-0.05, 0) is 39.0 Å². The molecule has 0 aliphatic heterocycles. The van der Waals surface area contributed by atoms with Crippen molar-refractivity contribution in [2.24, 2.45) is 5.92 Å². The van der Waals surface area contributed by atoms with E-state index in [2.05, 4.69) is 15.5 Å². The quantitative estimate of drug-likeness (QED) is 0.810. The molecule has 0 unspecified atom stereocenters. The molecule has 0 atom stereocenters. The van der Waals surface area contributed by atoms with Crippen molar-refractivity contribution in [3.8, 4) is 0 Å². The first-order chi connectivity index (χ1) is 9.16. The van der Waals surface area contributed by atoms with E-state index in [1.54, 1.807) is 6.92 Å². The first-order valence-corrected chi connectivity index (χ1v) is 8.82. The molecular formula is C12H18ClN3O3S. The highest BCUT2D eigenvalue weighted by Crippen LogP contribution is 2.39. The van der Waals surface area contributed by atoms with Gasteiger partial charge < -0.3 is 5.32 Å². The van der Waals surface area contributed by atoms with Gasteiger partial charge in [0, 0.05) is 16.2 Å². The summed E-state index contributed by atoms with van der Waals surface area (Å²) in [5, 5.41) is 9.22. The Morgan fingerprint density at radius 2 is 2.10 bits per heavy atom. The maximum atomic E-state index is 12.3. The number of nitrogens with one attached hydrogen (secondary N) is 2. The summed E-state index contributed by atoms with van der Waals surface area (Å²) < 4.78 is 23.3. The van der Waals surface area contributed by atoms with Crippen LogP contribution in [-0.2, 0) is 15.5 Å². The van der Waals surface area contributed by atoms with Gasteiger partial charge >= 0.3 is 0 Å². The fourth-order valence-electron chi connectivity index (χ4n) is 2.28. The molecule has 20 heavy (non-hydrogen) atoms. The lowest BCUT2D eigenvalue weighted by molar-refractivity contribution is 0.0894. The normalized spacial score (nSPS) is 16.2. The van der Waals surface area contributed by atoms with Crippen LogP contribution in [0.3, 0.4) is 0 Å². The Labute approximate surface area is 122 Å². The van der Waals surface area contributed by atoms with Crippen LogP contribution in [-0.4, -0.2) is 30.1 Å². The molecule has 1 aromatic rings. The van der Waals surface area contributed by atoms with Crippen molar-refractivity contribution in [3.05, 3.63) is 11.4 Å². The maximum absolute atomic E-state index is 12.3. The average Bonchev–Trinajstić information content (AvgIpc) is 3.06. The van der Waals surface area contributed by atoms with E-state index in [0.717, 1.165) is 12.8 Å². The lowest BCUT2D eigenvalue weighted by Gasteiger charge is -2.25. The van der Waals surface area contributed by atoms with Crippen LogP contribution in [0.5, 0.6) is 0 Å². The van der Waals surface area contributed by atoms with Crippen LogP contribution >= 0.6 is 10.7 Å². The number of H-pyrrole nitrogens is 1. The van der Waals surface area contributed by atoms with Crippen molar-refractivity contribution < 1.29 is 13.2 Å². The van der Waals surface area contributed by atoms with Gasteiger partial charge in [0.2, 0.25) is 0 Å². The predicted octanol–water partition coefficient (Wildman–Crippen LogP) is 1.82. The minimum atomic E-state index is -4.02. The zero-order chi connectivity index (χ0) is 15.1. The summed E-state index contributed by atoms with van der Waals surface area (Å²) in [6, 6.07) is 0. The van der Waals surface area contributed by atoms with E-state index < -0.39 is 15.0 Å². The summed E-state index contributed by atoms with van der Waals surface area (Å²) in [4.78, 5) is 12.1. The molecule has 0 radical (unpaired) electrons. The van der Waals surface area contributed by atoms with Crippen molar-refractivity contribution >= 4 is 25.6 Å². The van der Waals surface area contributed by atoms with Gasteiger partial charge in [-0.1, -0.05) is 6.92 Å². The van der Waals surface area contributed by atoms with Crippen LogP contribution in [0.15, 0.2) is 4.90 Å². The highest BCUT2D eigenvalue weighted by Gasteiger charge is 2.40. The molecule has 1 fully saturated rings. The van der Waals surface area contributed by atoms with E-state index in [4.69, 9.17) is 10.7 Å². The summed E-state index contributed by atoms with van der Waals surface area (Å²) in [5.74, 6) is -0.0934. The first-order valence-electron chi connectivity index (χ1n) is 6.51. The zero-order valence-corrected chi connectivity index (χ0v) is 13.2. The predicted molar refractivity (Wildman–Crippen MR) is 75.3 cm³/mol. The Hall–Kier alpha value is -1.08. The van der Waals surface area contributed by atoms with Gasteiger partial charge in [-0.3, -0.25) is 9.89 Å². The van der Waals surface area contributed by atoms with Crippen molar-refractivity contribution in [2.75, 3.05) is 0 Å². The van der Waals surface area contributed by atoms with Gasteiger partial charge in [-0.25, -0.2) is 8.42 Å². The molecule has 1 amide bonds. The van der Waals surface area contributed by atoms with Gasteiger partial charge in [-0.2, -0.15) is 5.10 Å². The number of rotatable bonds is 5. The Bertz CT molecular complexity index is 632. The molecule has 0 bridgehead atoms. The minimum absolute atomic E-state index is 0.162. The highest BCUT2D eigenvalue weighted by atomic mass is 35.7. The van der Waals surface area contributed by atoms with Gasteiger partial charge in [0.25, 0.3) is 15.0 Å². The second-order valence-corrected chi connectivity index (χ2v) is 8.12. The molecule has 0 spiro atoms. The number of aromatic amines is 1. The Morgan fingerprint density at radius 3 is 2.55 bits per heavy atom. The maximum Gasteiger partial charge on any atom is 0.273 e. The number of carbonyl (C=O) groups is 1. The number of halogens is 1. The summed E-state index contributed by atoms with van der Waals surface area (Å²) in [7, 11) is 1.39. The molecule has 1 saturated carbocycles. The third-order valence-corrected chi connectivity index (χ3v) is 5.03. The molecule has 2 rings (SSSR count). The molecule has 8 heteroatoms. The molecular weight excluding hydrogens is 302 g/mol. The number of amides is 1. The van der Waals surface area contributed by atoms with E-state index in [1.165, 1.54) is 0 Å². The number of carbonyl (C=O) groups excluding carboxylic acids is 1. The van der Waals surface area contributed by atoms with Gasteiger partial charge in [0.05, 0.1) is 5.69 Å². The summed E-state index contributed by atoms with van der Waals surface area (Å²) in [6.07, 6.45) is 2.52. The lowest BCUT2D eigenvalue weighted by Crippen LogP contribution is -2.45. The topological polar surface area (TPSA) is 91.9 Å². The summed E-state index contributed by atoms with van der Waals surface area (Å²) >= 11 is 0. The fraction of sp³-hybridized carbons (Fsp3) is 0.667. The molecule has 1 aliphatic carbocycles. The second-order valence-electron chi connectivity index (χ2n) is 5.62. The molecule has 1 aliphatic rings. The number of aromatic nitrogens is 2. The zero-order valence-electron chi connectivity index (χ0n) is 11.7. The van der Waals surface area contributed by atoms with Gasteiger partial charge in [0.1, 0.15) is 4.90 Å². The van der Waals surface area contributed by atoms with E-state index in [-0.39, 0.29) is 16.1 Å². The largest absolute Gasteiger partial charge is 0.345 e. The third kappa shape index (κ3) is 2.98. The van der Waals surface area contributed by atoms with Crippen LogP contribution < -0.4 is 5.32 Å². The number of nitrogens with zero attached hydrogens (tertiary/aromatic N) is 1. The first kappa shape index (κ1) is 15.3. The average molecular weight is 320 g/mol. The van der Waals surface area contributed by atoms with Gasteiger partial charge in [0.15, 0.2) is 5.69 Å². The van der Waals surface area contributed by atoms with Crippen LogP contribution in [0.25, 0.3) is 0 Å². The van der Waals surface area contributed by atoms with E-state index in [0.29, 0.717) is 18.0 Å². The van der Waals surface area contributed by atoms with E-state index in [1.807, 2.05) is 13.8 Å². The van der Waals surface area contributed by atoms with Crippen molar-refractivity contribution in [1.82, 2.24) is 15.5 Å². The van der Waals surface area contributed by atoms with Crippen LogP contribution in [0.2, 0.25) is 0 Å². The number of hydrogen-bond acceptors (Lipinski definition) is 4. The summed E-state index contributed by atoms with van der Waals surface area (Å²) in [6.45, 7) is 5.60. The van der Waals surface area contributed by atoms with Crippen LogP contribution in [0, 0.1) is 5.92 Å². The number of hydrogen-bond donors (Lipinski definition) is 2. The van der Waals surface area contributed by atoms with Crippen LogP contribution in [0.4, 0.5) is 0 Å². The van der Waals surface area contributed by atoms with Crippen molar-refractivity contribution in [3.63, 3.8) is 0 Å². The summed E-state index contributed by atoms with van der Waals surface area (Å²) in [5.41, 5.74) is -0.199. The van der Waals surface area contributed by atoms with Crippen molar-refractivity contribution in [2.45, 2.75) is 50.5 Å². The molecule has 1 heterocycles. The molecule has 112 valence electrons. The number of aryl methyl sites for hydroxylation is 1. The third-order valence-electron chi connectivity index (χ3n) is 3.64. The SMILES string of the molecule is CCc1[nH]nc(C(=O)NC(C)(C)C2CC2)c1S(=O)(=O)Cl. The smallest absolute Gasteiger partial charge is 0.273 e. The van der Waals surface area contributed by atoms with E-state index in [9.17, 15) is 13.2 Å². The van der Waals surface area contributed by atoms with Gasteiger partial charge in [-0.15, -0.1) is 0 Å². The Morgan fingerprint density at radius 1 is 1.50 bits per heavy atom. The highest BCUT2D eigenvalue weighted by molar-refractivity contribution is 8.13. The molecule has 0 aromatic carbocycles. The van der Waals surface area contributed by atoms with Crippen molar-refractivity contribution in [1.29, 1.82) is 0 Å². The fourth-order valence-corrected chi connectivity index (χ4v) is 3.64.